The summed E-state index contributed by atoms with van der Waals surface area (Å²) in [5, 5.41) is 0.299. The number of hydrogen-bond donors (Lipinski definition) is 0. The number of nitrogens with zero attached hydrogens (tertiary/aromatic N) is 3. The molecule has 2 heterocycles. The van der Waals surface area contributed by atoms with Crippen molar-refractivity contribution in [2.45, 2.75) is 13.8 Å². The number of fused-ring (bicyclic) bond motifs is 1. The molecule has 3 aromatic carbocycles. The molecule has 0 spiro atoms. The number of carbonyl (C=O) groups excluding carboxylic acids is 4. The zero-order valence-electron chi connectivity index (χ0n) is 22.6. The number of thioether (sulfide) groups is 1. The standard InChI is InChI=1S/C30H23Br2N3O6S/c1-4-40-28(38)16-6-10-19(11-7-16)33-30-35(20-12-8-17(9-13-20)29(39)41-5-2)27(37)25(42-30)23-21-14-18(31)15-22(32)24(21)34(3)26(23)36/h6-15H,4-5H2,1-3H3/b25-23+,33-30?. The topological polar surface area (TPSA) is 106 Å². The summed E-state index contributed by atoms with van der Waals surface area (Å²) in [4.78, 5) is 59.7. The molecule has 2 aliphatic rings. The minimum atomic E-state index is -0.475. The van der Waals surface area contributed by atoms with Crippen molar-refractivity contribution in [1.82, 2.24) is 0 Å². The van der Waals surface area contributed by atoms with Crippen LogP contribution < -0.4 is 9.80 Å². The maximum atomic E-state index is 14.1. The lowest BCUT2D eigenvalue weighted by Gasteiger charge is -2.16. The van der Waals surface area contributed by atoms with E-state index in [4.69, 9.17) is 14.5 Å². The molecule has 0 atom stereocenters. The summed E-state index contributed by atoms with van der Waals surface area (Å²) in [7, 11) is 1.66. The van der Waals surface area contributed by atoms with Crippen LogP contribution in [0.5, 0.6) is 0 Å². The monoisotopic (exact) mass is 711 g/mol. The lowest BCUT2D eigenvalue weighted by atomic mass is 10.1. The number of halogens is 2. The van der Waals surface area contributed by atoms with Gasteiger partial charge in [-0.2, -0.15) is 0 Å². The fraction of sp³-hybridized carbons (Fsp3) is 0.167. The number of carbonyl (C=O) groups is 4. The van der Waals surface area contributed by atoms with E-state index in [9.17, 15) is 19.2 Å². The molecule has 214 valence electrons. The van der Waals surface area contributed by atoms with E-state index in [1.165, 1.54) is 9.80 Å². The van der Waals surface area contributed by atoms with Crippen molar-refractivity contribution in [1.29, 1.82) is 0 Å². The largest absolute Gasteiger partial charge is 0.462 e. The number of anilines is 2. The van der Waals surface area contributed by atoms with Crippen molar-refractivity contribution >= 4 is 95.2 Å². The smallest absolute Gasteiger partial charge is 0.338 e. The van der Waals surface area contributed by atoms with Gasteiger partial charge in [-0.3, -0.25) is 14.5 Å². The molecule has 12 heteroatoms. The van der Waals surface area contributed by atoms with Crippen LogP contribution >= 0.6 is 43.6 Å². The summed E-state index contributed by atoms with van der Waals surface area (Å²) in [6.45, 7) is 3.95. The maximum absolute atomic E-state index is 14.1. The molecule has 1 fully saturated rings. The van der Waals surface area contributed by atoms with Gasteiger partial charge in [-0.05, 0) is 102 Å². The molecule has 2 amide bonds. The average molecular weight is 713 g/mol. The second kappa shape index (κ2) is 12.2. The first-order valence-electron chi connectivity index (χ1n) is 12.8. The molecule has 2 aliphatic heterocycles. The number of benzene rings is 3. The molecule has 1 saturated heterocycles. The molecule has 5 rings (SSSR count). The summed E-state index contributed by atoms with van der Waals surface area (Å²) < 4.78 is 11.6. The van der Waals surface area contributed by atoms with Gasteiger partial charge in [0.2, 0.25) is 0 Å². The van der Waals surface area contributed by atoms with Crippen LogP contribution in [0.2, 0.25) is 0 Å². The lowest BCUT2D eigenvalue weighted by molar-refractivity contribution is -0.115. The van der Waals surface area contributed by atoms with Gasteiger partial charge in [0, 0.05) is 21.6 Å². The van der Waals surface area contributed by atoms with Crippen LogP contribution in [0.25, 0.3) is 5.57 Å². The number of amides is 2. The Hall–Kier alpha value is -3.74. The minimum absolute atomic E-state index is 0.215. The number of ether oxygens (including phenoxy) is 2. The van der Waals surface area contributed by atoms with Crippen molar-refractivity contribution in [2.24, 2.45) is 4.99 Å². The first kappa shape index (κ1) is 29.7. The van der Waals surface area contributed by atoms with Crippen molar-refractivity contribution in [3.05, 3.63) is 91.2 Å². The Morgan fingerprint density at radius 2 is 1.43 bits per heavy atom. The molecule has 0 aliphatic carbocycles. The predicted molar refractivity (Wildman–Crippen MR) is 169 cm³/mol. The van der Waals surface area contributed by atoms with Crippen LogP contribution in [-0.2, 0) is 19.1 Å². The van der Waals surface area contributed by atoms with E-state index in [2.05, 4.69) is 31.9 Å². The van der Waals surface area contributed by atoms with Crippen molar-refractivity contribution in [2.75, 3.05) is 30.1 Å². The number of hydrogen-bond acceptors (Lipinski definition) is 8. The van der Waals surface area contributed by atoms with Gasteiger partial charge in [-0.25, -0.2) is 14.6 Å². The highest BCUT2D eigenvalue weighted by Gasteiger charge is 2.43. The van der Waals surface area contributed by atoms with Crippen molar-refractivity contribution < 1.29 is 28.7 Å². The molecule has 9 nitrogen and oxygen atoms in total. The molecular formula is C30H23Br2N3O6S. The van der Waals surface area contributed by atoms with Crippen molar-refractivity contribution in [3.8, 4) is 0 Å². The van der Waals surface area contributed by atoms with Crippen LogP contribution in [0, 0.1) is 0 Å². The van der Waals surface area contributed by atoms with Gasteiger partial charge in [0.25, 0.3) is 11.8 Å². The fourth-order valence-electron chi connectivity index (χ4n) is 4.49. The highest BCUT2D eigenvalue weighted by Crippen LogP contribution is 2.48. The zero-order chi connectivity index (χ0) is 30.1. The van der Waals surface area contributed by atoms with Crippen molar-refractivity contribution in [3.63, 3.8) is 0 Å². The Balaban J connectivity index is 1.62. The van der Waals surface area contributed by atoms with Crippen LogP contribution in [0.1, 0.15) is 40.1 Å². The highest BCUT2D eigenvalue weighted by molar-refractivity contribution is 9.11. The molecule has 0 saturated carbocycles. The predicted octanol–water partition coefficient (Wildman–Crippen LogP) is 6.72. The van der Waals surface area contributed by atoms with E-state index in [1.807, 2.05) is 6.07 Å². The van der Waals surface area contributed by atoms with Gasteiger partial charge in [-0.15, -0.1) is 0 Å². The van der Waals surface area contributed by atoms with Crippen LogP contribution in [0.4, 0.5) is 17.1 Å². The maximum Gasteiger partial charge on any atom is 0.338 e. The summed E-state index contributed by atoms with van der Waals surface area (Å²) in [6.07, 6.45) is 0. The number of esters is 2. The molecule has 0 N–H and O–H groups in total. The minimum Gasteiger partial charge on any atom is -0.462 e. The van der Waals surface area contributed by atoms with Gasteiger partial charge >= 0.3 is 11.9 Å². The second-order valence-electron chi connectivity index (χ2n) is 9.02. The molecule has 3 aromatic rings. The average Bonchev–Trinajstić information content (AvgIpc) is 3.40. The number of likely N-dealkylation sites (N-methyl/N-ethyl adjacent to an activating group) is 1. The third-order valence-corrected chi connectivity index (χ3v) is 8.50. The quantitative estimate of drug-likeness (QED) is 0.206. The van der Waals surface area contributed by atoms with E-state index in [0.717, 1.165) is 16.2 Å². The molecule has 0 unspecified atom stereocenters. The van der Waals surface area contributed by atoms with E-state index in [-0.39, 0.29) is 29.6 Å². The Morgan fingerprint density at radius 3 is 2.00 bits per heavy atom. The van der Waals surface area contributed by atoms with Gasteiger partial charge in [0.15, 0.2) is 5.17 Å². The molecule has 42 heavy (non-hydrogen) atoms. The zero-order valence-corrected chi connectivity index (χ0v) is 26.6. The van der Waals surface area contributed by atoms with E-state index < -0.39 is 17.8 Å². The summed E-state index contributed by atoms with van der Waals surface area (Å²) >= 11 is 8.10. The number of aliphatic imine (C=N–C) groups is 1. The summed E-state index contributed by atoms with van der Waals surface area (Å²) in [5.41, 5.74) is 3.17. The van der Waals surface area contributed by atoms with Gasteiger partial charge in [0.1, 0.15) is 0 Å². The Morgan fingerprint density at radius 1 is 0.857 bits per heavy atom. The first-order valence-corrected chi connectivity index (χ1v) is 15.2. The van der Waals surface area contributed by atoms with E-state index in [0.29, 0.717) is 43.4 Å². The number of amidine groups is 1. The van der Waals surface area contributed by atoms with Gasteiger partial charge in [0.05, 0.1) is 51.9 Å². The Labute approximate surface area is 262 Å². The highest BCUT2D eigenvalue weighted by atomic mass is 79.9. The SMILES string of the molecule is CCOC(=O)c1ccc(N=C2S/C(=C3/C(=O)N(C)c4c(Br)cc(Br)cc43)C(=O)N2c2ccc(C(=O)OCC)cc2)cc1. The Kier molecular flexibility index (Phi) is 8.67. The molecule has 0 aromatic heterocycles. The van der Waals surface area contributed by atoms with Crippen LogP contribution in [0.15, 0.2) is 79.5 Å². The summed E-state index contributed by atoms with van der Waals surface area (Å²) in [6, 6.07) is 16.5. The second-order valence-corrected chi connectivity index (χ2v) is 11.8. The molecular weight excluding hydrogens is 690 g/mol. The Bertz CT molecular complexity index is 1690. The number of rotatable bonds is 6. The third-order valence-electron chi connectivity index (χ3n) is 6.40. The van der Waals surface area contributed by atoms with E-state index >= 15 is 0 Å². The normalized spacial score (nSPS) is 17.2. The van der Waals surface area contributed by atoms with Crippen LogP contribution in [-0.4, -0.2) is 49.2 Å². The van der Waals surface area contributed by atoms with Crippen LogP contribution in [0.3, 0.4) is 0 Å². The lowest BCUT2D eigenvalue weighted by Crippen LogP contribution is -2.29. The third kappa shape index (κ3) is 5.53. The summed E-state index contributed by atoms with van der Waals surface area (Å²) in [5.74, 6) is -1.68. The van der Waals surface area contributed by atoms with Gasteiger partial charge < -0.3 is 14.4 Å². The molecule has 0 bridgehead atoms. The fourth-order valence-corrected chi connectivity index (χ4v) is 7.07. The molecule has 0 radical (unpaired) electrons. The first-order chi connectivity index (χ1) is 20.1. The van der Waals surface area contributed by atoms with Gasteiger partial charge in [-0.1, -0.05) is 15.9 Å². The van der Waals surface area contributed by atoms with E-state index in [1.54, 1.807) is 75.5 Å².